The fourth-order valence-electron chi connectivity index (χ4n) is 3.14. The van der Waals surface area contributed by atoms with Gasteiger partial charge in [0.25, 0.3) is 0 Å². The number of hydrogen-bond donors (Lipinski definition) is 3. The number of guanidine groups is 1. The number of rotatable bonds is 8. The van der Waals surface area contributed by atoms with Gasteiger partial charge in [-0.25, -0.2) is 9.98 Å². The highest BCUT2D eigenvalue weighted by molar-refractivity contribution is 7.11. The molecule has 7 heteroatoms. The van der Waals surface area contributed by atoms with E-state index in [4.69, 9.17) is 0 Å². The van der Waals surface area contributed by atoms with Gasteiger partial charge < -0.3 is 16.0 Å². The van der Waals surface area contributed by atoms with Crippen LogP contribution in [0.2, 0.25) is 0 Å². The van der Waals surface area contributed by atoms with Gasteiger partial charge in [0, 0.05) is 30.9 Å². The van der Waals surface area contributed by atoms with E-state index in [2.05, 4.69) is 25.9 Å². The zero-order chi connectivity index (χ0) is 18.1. The first-order valence-corrected chi connectivity index (χ1v) is 10.1. The van der Waals surface area contributed by atoms with Crippen LogP contribution < -0.4 is 16.0 Å². The zero-order valence-corrected chi connectivity index (χ0v) is 16.5. The fraction of sp³-hybridized carbons (Fsp3) is 0.722. The minimum Gasteiger partial charge on any atom is -0.357 e. The number of aliphatic imine (C=N–C) groups is 1. The maximum atomic E-state index is 11.9. The third-order valence-corrected chi connectivity index (χ3v) is 5.47. The van der Waals surface area contributed by atoms with Gasteiger partial charge in [-0.2, -0.15) is 0 Å². The van der Waals surface area contributed by atoms with Crippen molar-refractivity contribution >= 4 is 23.2 Å². The first kappa shape index (κ1) is 19.7. The van der Waals surface area contributed by atoms with Crippen molar-refractivity contribution < 1.29 is 4.79 Å². The second-order valence-electron chi connectivity index (χ2n) is 6.57. The number of nitrogens with one attached hydrogen (secondary N) is 3. The van der Waals surface area contributed by atoms with Gasteiger partial charge >= 0.3 is 0 Å². The molecule has 0 unspecified atom stereocenters. The standard InChI is InChI=1S/C18H31N5OS/c1-4-19-18(22-12-16-13(2)23-14(3)25-16)21-10-9-20-17(24)11-15-7-5-6-8-15/h15H,4-12H2,1-3H3,(H,20,24)(H2,19,21,22). The molecule has 0 spiro atoms. The Balaban J connectivity index is 1.70. The van der Waals surface area contributed by atoms with E-state index < -0.39 is 0 Å². The molecule has 1 amide bonds. The summed E-state index contributed by atoms with van der Waals surface area (Å²) in [4.78, 5) is 22.2. The number of aryl methyl sites for hydroxylation is 2. The van der Waals surface area contributed by atoms with Crippen molar-refractivity contribution in [2.45, 2.75) is 59.4 Å². The van der Waals surface area contributed by atoms with Crippen molar-refractivity contribution in [1.29, 1.82) is 0 Å². The molecule has 0 bridgehead atoms. The molecule has 0 aliphatic heterocycles. The predicted molar refractivity (Wildman–Crippen MR) is 104 cm³/mol. The number of hydrogen-bond acceptors (Lipinski definition) is 4. The van der Waals surface area contributed by atoms with Gasteiger partial charge in [-0.05, 0) is 39.5 Å². The van der Waals surface area contributed by atoms with Crippen molar-refractivity contribution in [3.63, 3.8) is 0 Å². The monoisotopic (exact) mass is 365 g/mol. The summed E-state index contributed by atoms with van der Waals surface area (Å²) in [6.07, 6.45) is 5.65. The lowest BCUT2D eigenvalue weighted by atomic mass is 10.0. The number of aromatic nitrogens is 1. The third kappa shape index (κ3) is 7.02. The van der Waals surface area contributed by atoms with Crippen LogP contribution >= 0.6 is 11.3 Å². The van der Waals surface area contributed by atoms with Crippen LogP contribution in [0.25, 0.3) is 0 Å². The summed E-state index contributed by atoms with van der Waals surface area (Å²) in [5.74, 6) is 1.54. The number of amides is 1. The molecule has 140 valence electrons. The Morgan fingerprint density at radius 1 is 1.20 bits per heavy atom. The van der Waals surface area contributed by atoms with Crippen LogP contribution in [0.3, 0.4) is 0 Å². The Labute approximate surface area is 154 Å². The number of thiazole rings is 1. The van der Waals surface area contributed by atoms with Crippen LogP contribution in [-0.4, -0.2) is 36.5 Å². The Kier molecular flexibility index (Phi) is 8.18. The largest absolute Gasteiger partial charge is 0.357 e. The second-order valence-corrected chi connectivity index (χ2v) is 7.86. The molecular weight excluding hydrogens is 334 g/mol. The summed E-state index contributed by atoms with van der Waals surface area (Å²) in [6, 6.07) is 0. The molecule has 1 fully saturated rings. The van der Waals surface area contributed by atoms with E-state index >= 15 is 0 Å². The zero-order valence-electron chi connectivity index (χ0n) is 15.7. The SMILES string of the molecule is CCNC(=NCc1sc(C)nc1C)NCCNC(=O)CC1CCCC1. The minimum absolute atomic E-state index is 0.173. The van der Waals surface area contributed by atoms with Gasteiger partial charge in [0.1, 0.15) is 0 Å². The molecule has 25 heavy (non-hydrogen) atoms. The molecule has 1 aliphatic carbocycles. The number of carbonyl (C=O) groups is 1. The van der Waals surface area contributed by atoms with E-state index in [1.165, 1.54) is 30.6 Å². The van der Waals surface area contributed by atoms with E-state index in [1.54, 1.807) is 11.3 Å². The van der Waals surface area contributed by atoms with E-state index in [0.29, 0.717) is 32.0 Å². The van der Waals surface area contributed by atoms with Crippen LogP contribution in [0.5, 0.6) is 0 Å². The molecule has 0 saturated heterocycles. The Hall–Kier alpha value is -1.63. The minimum atomic E-state index is 0.173. The molecule has 0 aromatic carbocycles. The first-order chi connectivity index (χ1) is 12.1. The molecule has 1 saturated carbocycles. The summed E-state index contributed by atoms with van der Waals surface area (Å²) in [5.41, 5.74) is 1.06. The van der Waals surface area contributed by atoms with Crippen molar-refractivity contribution in [3.8, 4) is 0 Å². The summed E-state index contributed by atoms with van der Waals surface area (Å²) in [5, 5.41) is 10.6. The van der Waals surface area contributed by atoms with Crippen molar-refractivity contribution in [2.75, 3.05) is 19.6 Å². The van der Waals surface area contributed by atoms with Gasteiger partial charge in [-0.1, -0.05) is 12.8 Å². The topological polar surface area (TPSA) is 78.4 Å². The average molecular weight is 366 g/mol. The Bertz CT molecular complexity index is 578. The normalized spacial score (nSPS) is 15.4. The third-order valence-electron chi connectivity index (χ3n) is 4.41. The number of carbonyl (C=O) groups excluding carboxylic acids is 1. The van der Waals surface area contributed by atoms with E-state index in [9.17, 15) is 4.79 Å². The lowest BCUT2D eigenvalue weighted by Crippen LogP contribution is -2.41. The van der Waals surface area contributed by atoms with Crippen molar-refractivity contribution in [1.82, 2.24) is 20.9 Å². The maximum Gasteiger partial charge on any atom is 0.220 e. The van der Waals surface area contributed by atoms with Gasteiger partial charge in [0.15, 0.2) is 5.96 Å². The molecule has 1 aromatic heterocycles. The van der Waals surface area contributed by atoms with E-state index in [-0.39, 0.29) is 5.91 Å². The van der Waals surface area contributed by atoms with Crippen LogP contribution in [-0.2, 0) is 11.3 Å². The van der Waals surface area contributed by atoms with Crippen LogP contribution in [0.4, 0.5) is 0 Å². The Morgan fingerprint density at radius 2 is 1.92 bits per heavy atom. The first-order valence-electron chi connectivity index (χ1n) is 9.30. The highest BCUT2D eigenvalue weighted by Gasteiger charge is 2.17. The fourth-order valence-corrected chi connectivity index (χ4v) is 4.01. The maximum absolute atomic E-state index is 11.9. The number of nitrogens with zero attached hydrogens (tertiary/aromatic N) is 2. The molecule has 3 N–H and O–H groups in total. The molecule has 0 atom stereocenters. The summed E-state index contributed by atoms with van der Waals surface area (Å²) >= 11 is 1.69. The second kappa shape index (κ2) is 10.4. The lowest BCUT2D eigenvalue weighted by molar-refractivity contribution is -0.121. The van der Waals surface area contributed by atoms with Gasteiger partial charge in [-0.15, -0.1) is 11.3 Å². The molecule has 1 heterocycles. The molecule has 1 aliphatic rings. The van der Waals surface area contributed by atoms with Gasteiger partial charge in [0.2, 0.25) is 5.91 Å². The van der Waals surface area contributed by atoms with Crippen LogP contribution in [0.1, 0.15) is 54.6 Å². The summed E-state index contributed by atoms with van der Waals surface area (Å²) < 4.78 is 0. The highest BCUT2D eigenvalue weighted by atomic mass is 32.1. The van der Waals surface area contributed by atoms with Crippen molar-refractivity contribution in [3.05, 3.63) is 15.6 Å². The quantitative estimate of drug-likeness (QED) is 0.376. The highest BCUT2D eigenvalue weighted by Crippen LogP contribution is 2.27. The predicted octanol–water partition coefficient (Wildman–Crippen LogP) is 2.51. The van der Waals surface area contributed by atoms with Crippen LogP contribution in [0.15, 0.2) is 4.99 Å². The Morgan fingerprint density at radius 3 is 2.56 bits per heavy atom. The molecule has 1 aromatic rings. The van der Waals surface area contributed by atoms with Crippen LogP contribution in [0, 0.1) is 19.8 Å². The average Bonchev–Trinajstić information content (AvgIpc) is 3.18. The lowest BCUT2D eigenvalue weighted by Gasteiger charge is -2.13. The van der Waals surface area contributed by atoms with Crippen molar-refractivity contribution in [2.24, 2.45) is 10.9 Å². The summed E-state index contributed by atoms with van der Waals surface area (Å²) in [7, 11) is 0. The van der Waals surface area contributed by atoms with Gasteiger partial charge in [-0.3, -0.25) is 4.79 Å². The van der Waals surface area contributed by atoms with E-state index in [1.807, 2.05) is 20.8 Å². The molecule has 2 rings (SSSR count). The molecule has 0 radical (unpaired) electrons. The summed E-state index contributed by atoms with van der Waals surface area (Å²) in [6.45, 7) is 8.80. The van der Waals surface area contributed by atoms with Gasteiger partial charge in [0.05, 0.1) is 17.2 Å². The smallest absolute Gasteiger partial charge is 0.220 e. The molecular formula is C18H31N5OS. The molecule has 6 nitrogen and oxygen atoms in total. The van der Waals surface area contributed by atoms with E-state index in [0.717, 1.165) is 23.2 Å².